The van der Waals surface area contributed by atoms with Gasteiger partial charge in [0.1, 0.15) is 17.2 Å². The molecule has 0 aromatic heterocycles. The molecule has 3 nitrogen and oxygen atoms in total. The summed E-state index contributed by atoms with van der Waals surface area (Å²) >= 11 is 0. The second-order valence-electron chi connectivity index (χ2n) is 4.96. The molecule has 0 aliphatic heterocycles. The summed E-state index contributed by atoms with van der Waals surface area (Å²) in [5.41, 5.74) is 8.79. The number of hydrogen-bond donors (Lipinski definition) is 1. The van der Waals surface area contributed by atoms with Crippen LogP contribution >= 0.6 is 0 Å². The van der Waals surface area contributed by atoms with Gasteiger partial charge < -0.3 is 15.2 Å². The van der Waals surface area contributed by atoms with Crippen molar-refractivity contribution in [2.45, 2.75) is 27.2 Å². The summed E-state index contributed by atoms with van der Waals surface area (Å²) in [4.78, 5) is 0. The van der Waals surface area contributed by atoms with Crippen molar-refractivity contribution in [3.8, 4) is 17.2 Å². The Kier molecular flexibility index (Phi) is 4.51. The number of anilines is 1. The van der Waals surface area contributed by atoms with Gasteiger partial charge in [-0.05, 0) is 37.5 Å². The summed E-state index contributed by atoms with van der Waals surface area (Å²) in [5, 5.41) is 0. The van der Waals surface area contributed by atoms with Crippen LogP contribution in [0.1, 0.15) is 24.5 Å². The number of hydrogen-bond acceptors (Lipinski definition) is 3. The van der Waals surface area contributed by atoms with E-state index in [1.54, 1.807) is 6.07 Å². The van der Waals surface area contributed by atoms with Crippen molar-refractivity contribution in [1.29, 1.82) is 0 Å². The maximum absolute atomic E-state index is 5.93. The van der Waals surface area contributed by atoms with Crippen molar-refractivity contribution in [2.24, 2.45) is 0 Å². The van der Waals surface area contributed by atoms with E-state index in [1.807, 2.05) is 38.1 Å². The maximum atomic E-state index is 5.93. The average Bonchev–Trinajstić information content (AvgIpc) is 2.40. The smallest absolute Gasteiger partial charge is 0.133 e. The van der Waals surface area contributed by atoms with Gasteiger partial charge in [0, 0.05) is 23.9 Å². The summed E-state index contributed by atoms with van der Waals surface area (Å²) in [7, 11) is 0. The van der Waals surface area contributed by atoms with Gasteiger partial charge in [0.05, 0.1) is 6.61 Å². The molecule has 20 heavy (non-hydrogen) atoms. The first-order chi connectivity index (χ1) is 9.58. The lowest BCUT2D eigenvalue weighted by atomic mass is 10.1. The molecular weight excluding hydrogens is 250 g/mol. The van der Waals surface area contributed by atoms with Gasteiger partial charge in [-0.2, -0.15) is 0 Å². The predicted molar refractivity (Wildman–Crippen MR) is 82.6 cm³/mol. The number of nitrogen functional groups attached to an aromatic ring is 1. The van der Waals surface area contributed by atoms with Crippen LogP contribution in [0.5, 0.6) is 17.2 Å². The molecule has 0 amide bonds. The van der Waals surface area contributed by atoms with Crippen LogP contribution in [0.2, 0.25) is 0 Å². The first-order valence-electron chi connectivity index (χ1n) is 6.87. The van der Waals surface area contributed by atoms with Crippen LogP contribution in [0.15, 0.2) is 36.4 Å². The van der Waals surface area contributed by atoms with E-state index in [4.69, 9.17) is 15.2 Å². The third-order valence-corrected chi connectivity index (χ3v) is 2.95. The van der Waals surface area contributed by atoms with Crippen LogP contribution in [0.4, 0.5) is 5.69 Å². The summed E-state index contributed by atoms with van der Waals surface area (Å²) in [6.07, 6.45) is 0.960. The molecule has 106 valence electrons. The van der Waals surface area contributed by atoms with Crippen LogP contribution < -0.4 is 15.2 Å². The Morgan fingerprint density at radius 3 is 2.50 bits per heavy atom. The monoisotopic (exact) mass is 271 g/mol. The molecule has 0 saturated heterocycles. The van der Waals surface area contributed by atoms with Crippen LogP contribution in [0, 0.1) is 13.8 Å². The van der Waals surface area contributed by atoms with Crippen molar-refractivity contribution in [2.75, 3.05) is 12.3 Å². The van der Waals surface area contributed by atoms with E-state index in [-0.39, 0.29) is 0 Å². The lowest BCUT2D eigenvalue weighted by Crippen LogP contribution is -1.97. The van der Waals surface area contributed by atoms with Crippen molar-refractivity contribution < 1.29 is 9.47 Å². The van der Waals surface area contributed by atoms with Gasteiger partial charge in [-0.3, -0.25) is 0 Å². The quantitative estimate of drug-likeness (QED) is 0.816. The number of benzene rings is 2. The molecule has 3 heteroatoms. The molecular formula is C17H21NO2. The first-order valence-corrected chi connectivity index (χ1v) is 6.87. The van der Waals surface area contributed by atoms with Crippen LogP contribution in [-0.4, -0.2) is 6.61 Å². The van der Waals surface area contributed by atoms with E-state index < -0.39 is 0 Å². The van der Waals surface area contributed by atoms with E-state index in [0.29, 0.717) is 18.0 Å². The second kappa shape index (κ2) is 6.33. The van der Waals surface area contributed by atoms with E-state index >= 15 is 0 Å². The molecule has 2 N–H and O–H groups in total. The van der Waals surface area contributed by atoms with Gasteiger partial charge in [-0.25, -0.2) is 0 Å². The minimum atomic E-state index is 0.638. The maximum Gasteiger partial charge on any atom is 0.133 e. The number of aryl methyl sites for hydroxylation is 2. The molecule has 2 aromatic rings. The van der Waals surface area contributed by atoms with Gasteiger partial charge in [-0.1, -0.05) is 19.1 Å². The minimum absolute atomic E-state index is 0.638. The Morgan fingerprint density at radius 2 is 1.75 bits per heavy atom. The van der Waals surface area contributed by atoms with Crippen molar-refractivity contribution in [3.63, 3.8) is 0 Å². The third kappa shape index (κ3) is 3.67. The Balaban J connectivity index is 2.24. The molecule has 0 heterocycles. The molecule has 0 spiro atoms. The second-order valence-corrected chi connectivity index (χ2v) is 4.96. The van der Waals surface area contributed by atoms with Gasteiger partial charge in [0.2, 0.25) is 0 Å². The largest absolute Gasteiger partial charge is 0.493 e. The Bertz CT molecular complexity index is 594. The highest BCUT2D eigenvalue weighted by molar-refractivity contribution is 5.52. The minimum Gasteiger partial charge on any atom is -0.493 e. The molecule has 0 bridgehead atoms. The Hall–Kier alpha value is -2.16. The van der Waals surface area contributed by atoms with E-state index in [2.05, 4.69) is 13.0 Å². The fourth-order valence-electron chi connectivity index (χ4n) is 1.90. The molecule has 0 saturated carbocycles. The fourth-order valence-corrected chi connectivity index (χ4v) is 1.90. The van der Waals surface area contributed by atoms with Gasteiger partial charge in [0.25, 0.3) is 0 Å². The predicted octanol–water partition coefficient (Wildman–Crippen LogP) is 4.47. The number of nitrogens with two attached hydrogens (primary N) is 1. The lowest BCUT2D eigenvalue weighted by Gasteiger charge is -2.12. The summed E-state index contributed by atoms with van der Waals surface area (Å²) in [5.74, 6) is 2.29. The van der Waals surface area contributed by atoms with Crippen molar-refractivity contribution in [1.82, 2.24) is 0 Å². The van der Waals surface area contributed by atoms with E-state index in [0.717, 1.165) is 29.0 Å². The van der Waals surface area contributed by atoms with Gasteiger partial charge in [0.15, 0.2) is 0 Å². The zero-order valence-corrected chi connectivity index (χ0v) is 12.3. The normalized spacial score (nSPS) is 10.3. The fraction of sp³-hybridized carbons (Fsp3) is 0.294. The average molecular weight is 271 g/mol. The van der Waals surface area contributed by atoms with Crippen molar-refractivity contribution in [3.05, 3.63) is 47.5 Å². The van der Waals surface area contributed by atoms with Crippen LogP contribution in [0.25, 0.3) is 0 Å². The highest BCUT2D eigenvalue weighted by Gasteiger charge is 2.05. The molecule has 0 radical (unpaired) electrons. The summed E-state index contributed by atoms with van der Waals surface area (Å²) in [6.45, 7) is 6.81. The summed E-state index contributed by atoms with van der Waals surface area (Å²) in [6, 6.07) is 11.6. The molecule has 0 unspecified atom stereocenters. The summed E-state index contributed by atoms with van der Waals surface area (Å²) < 4.78 is 11.5. The van der Waals surface area contributed by atoms with Crippen LogP contribution in [0.3, 0.4) is 0 Å². The molecule has 0 atom stereocenters. The van der Waals surface area contributed by atoms with Gasteiger partial charge >= 0.3 is 0 Å². The molecule has 0 aliphatic rings. The van der Waals surface area contributed by atoms with E-state index in [9.17, 15) is 0 Å². The lowest BCUT2D eigenvalue weighted by molar-refractivity contribution is 0.316. The zero-order valence-electron chi connectivity index (χ0n) is 12.3. The third-order valence-electron chi connectivity index (χ3n) is 2.95. The number of rotatable bonds is 5. The van der Waals surface area contributed by atoms with Crippen molar-refractivity contribution >= 4 is 5.69 Å². The number of ether oxygens (including phenoxy) is 2. The zero-order chi connectivity index (χ0) is 14.5. The highest BCUT2D eigenvalue weighted by Crippen LogP contribution is 2.30. The molecule has 2 aromatic carbocycles. The first kappa shape index (κ1) is 14.3. The molecule has 0 aliphatic carbocycles. The van der Waals surface area contributed by atoms with Crippen LogP contribution in [-0.2, 0) is 0 Å². The SMILES string of the molecule is CCCOc1cc(N)cc(Oc2cc(C)ccc2C)c1. The standard InChI is InChI=1S/C17H21NO2/c1-4-7-19-15-9-14(18)10-16(11-15)20-17-8-12(2)5-6-13(17)3/h5-6,8-11H,4,7,18H2,1-3H3. The van der Waals surface area contributed by atoms with E-state index in [1.165, 1.54) is 0 Å². The Labute approximate surface area is 120 Å². The molecule has 2 rings (SSSR count). The van der Waals surface area contributed by atoms with Gasteiger partial charge in [-0.15, -0.1) is 0 Å². The topological polar surface area (TPSA) is 44.5 Å². The molecule has 0 fully saturated rings. The highest BCUT2D eigenvalue weighted by atomic mass is 16.5. The Morgan fingerprint density at radius 1 is 1.00 bits per heavy atom.